The van der Waals surface area contributed by atoms with Crippen LogP contribution < -0.4 is 0 Å². The third-order valence-electron chi connectivity index (χ3n) is 11.3. The molecule has 0 amide bonds. The Kier molecular flexibility index (Phi) is 6.63. The molecule has 0 bridgehead atoms. The van der Waals surface area contributed by atoms with Crippen LogP contribution in [-0.4, -0.2) is 0 Å². The fourth-order valence-corrected chi connectivity index (χ4v) is 8.69. The molecule has 0 aliphatic heterocycles. The smallest absolute Gasteiger partial charge is 0.0159 e. The van der Waals surface area contributed by atoms with Gasteiger partial charge < -0.3 is 0 Å². The molecule has 0 heterocycles. The molecule has 0 saturated carbocycles. The Labute approximate surface area is 299 Å². The van der Waals surface area contributed by atoms with Crippen LogP contribution in [0.2, 0.25) is 0 Å². The minimum Gasteiger partial charge on any atom is -0.0619 e. The topological polar surface area (TPSA) is 0 Å². The van der Waals surface area contributed by atoms with Gasteiger partial charge in [0.15, 0.2) is 0 Å². The Morgan fingerprint density at radius 2 is 0.784 bits per heavy atom. The molecule has 0 N–H and O–H groups in total. The molecule has 0 spiro atoms. The molecule has 0 aromatic heterocycles. The first-order chi connectivity index (χ1) is 25.0. The van der Waals surface area contributed by atoms with Gasteiger partial charge in [0, 0.05) is 5.41 Å². The van der Waals surface area contributed by atoms with E-state index < -0.39 is 0 Å². The lowest BCUT2D eigenvalue weighted by Crippen LogP contribution is -2.14. The maximum atomic E-state index is 2.41. The first-order valence-corrected chi connectivity index (χ1v) is 17.9. The molecule has 0 saturated heterocycles. The van der Waals surface area contributed by atoms with Crippen LogP contribution >= 0.6 is 0 Å². The highest BCUT2D eigenvalue weighted by atomic mass is 14.4. The van der Waals surface area contributed by atoms with Gasteiger partial charge in [-0.1, -0.05) is 178 Å². The lowest BCUT2D eigenvalue weighted by atomic mass is 9.81. The maximum Gasteiger partial charge on any atom is 0.0159 e. The molecule has 0 heteroatoms. The highest BCUT2D eigenvalue weighted by Crippen LogP contribution is 2.50. The van der Waals surface area contributed by atoms with Gasteiger partial charge >= 0.3 is 0 Å². The predicted octanol–water partition coefficient (Wildman–Crippen LogP) is 14.1. The fourth-order valence-electron chi connectivity index (χ4n) is 8.69. The zero-order chi connectivity index (χ0) is 34.1. The summed E-state index contributed by atoms with van der Waals surface area (Å²) in [4.78, 5) is 0. The van der Waals surface area contributed by atoms with E-state index in [1.165, 1.54) is 99.1 Å². The summed E-state index contributed by atoms with van der Waals surface area (Å²) in [5.74, 6) is 0. The number of benzene rings is 9. The Morgan fingerprint density at radius 1 is 0.294 bits per heavy atom. The van der Waals surface area contributed by atoms with E-state index in [-0.39, 0.29) is 5.41 Å². The molecule has 10 rings (SSSR count). The standard InChI is InChI=1S/C51H36/c1-51(2)47-21-10-9-16-41(47)42-29-28-39(32-48(42)51)34-22-25-35(26-23-34)49-43-17-5-7-19-45(43)50(46-20-8-6-18-44(46)49)40-15-11-14-37(31-40)38-27-24-33-12-3-4-13-36(33)30-38/h3-32H,1-2H3. The molecular formula is C51H36. The van der Waals surface area contributed by atoms with E-state index in [1.807, 2.05) is 0 Å². The highest BCUT2D eigenvalue weighted by molar-refractivity contribution is 6.21. The summed E-state index contributed by atoms with van der Waals surface area (Å²) in [6, 6.07) is 67.4. The molecule has 9 aromatic rings. The van der Waals surface area contributed by atoms with Crippen LogP contribution in [0.5, 0.6) is 0 Å². The van der Waals surface area contributed by atoms with Crippen LogP contribution in [0.4, 0.5) is 0 Å². The second-order valence-electron chi connectivity index (χ2n) is 14.5. The largest absolute Gasteiger partial charge is 0.0619 e. The molecule has 0 fully saturated rings. The van der Waals surface area contributed by atoms with Crippen molar-refractivity contribution in [3.63, 3.8) is 0 Å². The van der Waals surface area contributed by atoms with Gasteiger partial charge in [0.05, 0.1) is 0 Å². The molecule has 0 nitrogen and oxygen atoms in total. The van der Waals surface area contributed by atoms with Crippen LogP contribution in [0.1, 0.15) is 25.0 Å². The van der Waals surface area contributed by atoms with Crippen molar-refractivity contribution in [2.45, 2.75) is 19.3 Å². The summed E-state index contributed by atoms with van der Waals surface area (Å²) >= 11 is 0. The summed E-state index contributed by atoms with van der Waals surface area (Å²) in [5.41, 5.74) is 15.5. The summed E-state index contributed by atoms with van der Waals surface area (Å²) in [6.45, 7) is 4.70. The van der Waals surface area contributed by atoms with Crippen molar-refractivity contribution in [2.24, 2.45) is 0 Å². The molecule has 9 aromatic carbocycles. The third kappa shape index (κ3) is 4.68. The number of hydrogen-bond acceptors (Lipinski definition) is 0. The first kappa shape index (κ1) is 29.7. The minimum absolute atomic E-state index is 0.0174. The van der Waals surface area contributed by atoms with Crippen molar-refractivity contribution < 1.29 is 0 Å². The zero-order valence-electron chi connectivity index (χ0n) is 28.8. The van der Waals surface area contributed by atoms with Gasteiger partial charge in [-0.15, -0.1) is 0 Å². The minimum atomic E-state index is -0.0174. The lowest BCUT2D eigenvalue weighted by Gasteiger charge is -2.22. The van der Waals surface area contributed by atoms with Crippen LogP contribution in [0, 0.1) is 0 Å². The molecule has 240 valence electrons. The Balaban J connectivity index is 1.09. The second kappa shape index (κ2) is 11.4. The predicted molar refractivity (Wildman–Crippen MR) is 218 cm³/mol. The number of hydrogen-bond donors (Lipinski definition) is 0. The maximum absolute atomic E-state index is 2.41. The van der Waals surface area contributed by atoms with Crippen molar-refractivity contribution in [1.29, 1.82) is 0 Å². The van der Waals surface area contributed by atoms with Crippen LogP contribution in [-0.2, 0) is 5.41 Å². The van der Waals surface area contributed by atoms with E-state index >= 15 is 0 Å². The average Bonchev–Trinajstić information content (AvgIpc) is 3.42. The molecule has 0 unspecified atom stereocenters. The number of rotatable bonds is 4. The molecule has 0 radical (unpaired) electrons. The van der Waals surface area contributed by atoms with E-state index in [0.717, 1.165) is 0 Å². The zero-order valence-corrected chi connectivity index (χ0v) is 28.8. The average molecular weight is 649 g/mol. The van der Waals surface area contributed by atoms with Gasteiger partial charge in [-0.2, -0.15) is 0 Å². The molecule has 1 aliphatic carbocycles. The van der Waals surface area contributed by atoms with Crippen molar-refractivity contribution in [3.05, 3.63) is 193 Å². The van der Waals surface area contributed by atoms with Gasteiger partial charge in [0.2, 0.25) is 0 Å². The van der Waals surface area contributed by atoms with Gasteiger partial charge in [-0.3, -0.25) is 0 Å². The van der Waals surface area contributed by atoms with Crippen LogP contribution in [0.25, 0.3) is 88.0 Å². The second-order valence-corrected chi connectivity index (χ2v) is 14.5. The van der Waals surface area contributed by atoms with Crippen molar-refractivity contribution in [2.75, 3.05) is 0 Å². The lowest BCUT2D eigenvalue weighted by molar-refractivity contribution is 0.660. The monoisotopic (exact) mass is 648 g/mol. The van der Waals surface area contributed by atoms with E-state index in [2.05, 4.69) is 196 Å². The highest BCUT2D eigenvalue weighted by Gasteiger charge is 2.35. The summed E-state index contributed by atoms with van der Waals surface area (Å²) in [7, 11) is 0. The van der Waals surface area contributed by atoms with Crippen LogP contribution in [0.15, 0.2) is 182 Å². The van der Waals surface area contributed by atoms with Gasteiger partial charge in [0.1, 0.15) is 0 Å². The Hall–Kier alpha value is -6.24. The Bertz CT molecular complexity index is 2760. The van der Waals surface area contributed by atoms with Gasteiger partial charge in [-0.25, -0.2) is 0 Å². The summed E-state index contributed by atoms with van der Waals surface area (Å²) in [5, 5.41) is 7.61. The summed E-state index contributed by atoms with van der Waals surface area (Å²) in [6.07, 6.45) is 0. The van der Waals surface area contributed by atoms with Crippen molar-refractivity contribution >= 4 is 32.3 Å². The molecule has 1 aliphatic rings. The van der Waals surface area contributed by atoms with Gasteiger partial charge in [0.25, 0.3) is 0 Å². The fraction of sp³-hybridized carbons (Fsp3) is 0.0588. The molecule has 51 heavy (non-hydrogen) atoms. The third-order valence-corrected chi connectivity index (χ3v) is 11.3. The van der Waals surface area contributed by atoms with Crippen molar-refractivity contribution in [3.8, 4) is 55.6 Å². The SMILES string of the molecule is CC1(C)c2ccccc2-c2ccc(-c3ccc(-c4c5ccccc5c(-c5cccc(-c6ccc7ccccc7c6)c5)c5ccccc45)cc3)cc21. The normalized spacial score (nSPS) is 13.1. The summed E-state index contributed by atoms with van der Waals surface area (Å²) < 4.78 is 0. The van der Waals surface area contributed by atoms with Crippen LogP contribution in [0.3, 0.4) is 0 Å². The van der Waals surface area contributed by atoms with E-state index in [1.54, 1.807) is 0 Å². The van der Waals surface area contributed by atoms with E-state index in [9.17, 15) is 0 Å². The van der Waals surface area contributed by atoms with Crippen molar-refractivity contribution in [1.82, 2.24) is 0 Å². The quantitative estimate of drug-likeness (QED) is 0.167. The van der Waals surface area contributed by atoms with E-state index in [0.29, 0.717) is 0 Å². The number of fused-ring (bicyclic) bond motifs is 6. The van der Waals surface area contributed by atoms with E-state index in [4.69, 9.17) is 0 Å². The molecular weight excluding hydrogens is 613 g/mol. The Morgan fingerprint density at radius 3 is 1.51 bits per heavy atom. The first-order valence-electron chi connectivity index (χ1n) is 17.9. The van der Waals surface area contributed by atoms with Gasteiger partial charge in [-0.05, 0) is 117 Å². The molecule has 0 atom stereocenters.